The zero-order chi connectivity index (χ0) is 13.9. The average Bonchev–Trinajstić information content (AvgIpc) is 2.54. The van der Waals surface area contributed by atoms with Gasteiger partial charge in [-0.05, 0) is 56.8 Å². The Kier molecular flexibility index (Phi) is 4.16. The summed E-state index contributed by atoms with van der Waals surface area (Å²) in [4.78, 5) is 6.09. The summed E-state index contributed by atoms with van der Waals surface area (Å²) in [7, 11) is 0. The first-order valence-electron chi connectivity index (χ1n) is 7.65. The lowest BCUT2D eigenvalue weighted by Crippen LogP contribution is -2.37. The number of piperidine rings is 1. The zero-order valence-electron chi connectivity index (χ0n) is 12.2. The minimum atomic E-state index is 0.896. The van der Waals surface area contributed by atoms with Gasteiger partial charge in [-0.25, -0.2) is 4.98 Å². The predicted molar refractivity (Wildman–Crippen MR) is 82.2 cm³/mol. The maximum absolute atomic E-state index is 9.51. The molecular formula is C16H22N3S+. The molecule has 20 heavy (non-hydrogen) atoms. The number of aromatic nitrogens is 1. The van der Waals surface area contributed by atoms with Gasteiger partial charge in [0.2, 0.25) is 0 Å². The van der Waals surface area contributed by atoms with Crippen LogP contribution in [0.25, 0.3) is 0 Å². The number of nitriles is 1. The molecule has 1 N–H and O–H groups in total. The number of H-pyrrole nitrogens is 1. The minimum absolute atomic E-state index is 0.896. The highest BCUT2D eigenvalue weighted by atomic mass is 32.2. The molecule has 0 atom stereocenters. The molecule has 3 rings (SSSR count). The third-order valence-electron chi connectivity index (χ3n) is 4.50. The summed E-state index contributed by atoms with van der Waals surface area (Å²) in [5.74, 6) is 1.31. The molecule has 1 fully saturated rings. The van der Waals surface area contributed by atoms with Crippen LogP contribution in [0.15, 0.2) is 5.03 Å². The third kappa shape index (κ3) is 2.40. The summed E-state index contributed by atoms with van der Waals surface area (Å²) in [6.45, 7) is 2.31. The average molecular weight is 288 g/mol. The monoisotopic (exact) mass is 288 g/mol. The van der Waals surface area contributed by atoms with Gasteiger partial charge >= 0.3 is 0 Å². The van der Waals surface area contributed by atoms with Crippen molar-refractivity contribution in [3.8, 4) is 6.07 Å². The molecule has 0 spiro atoms. The molecule has 4 heteroatoms. The van der Waals surface area contributed by atoms with E-state index in [0.29, 0.717) is 0 Å². The maximum Gasteiger partial charge on any atom is 0.278 e. The fraction of sp³-hybridized carbons (Fsp3) is 0.625. The molecule has 1 aliphatic carbocycles. The molecule has 1 aromatic rings. The largest absolute Gasteiger partial charge is 0.278 e. The molecule has 3 nitrogen and oxygen atoms in total. The number of hydrogen-bond donors (Lipinski definition) is 0. The van der Waals surface area contributed by atoms with Gasteiger partial charge in [-0.15, -0.1) is 0 Å². The molecule has 1 saturated heterocycles. The van der Waals surface area contributed by atoms with Crippen molar-refractivity contribution in [1.29, 1.82) is 5.26 Å². The number of thioether (sulfide) groups is 1. The lowest BCUT2D eigenvalue weighted by molar-refractivity contribution is -0.414. The van der Waals surface area contributed by atoms with E-state index in [9.17, 15) is 5.26 Å². The van der Waals surface area contributed by atoms with Crippen molar-refractivity contribution in [3.63, 3.8) is 0 Å². The zero-order valence-corrected chi connectivity index (χ0v) is 13.0. The Morgan fingerprint density at radius 2 is 1.75 bits per heavy atom. The van der Waals surface area contributed by atoms with E-state index in [4.69, 9.17) is 0 Å². The van der Waals surface area contributed by atoms with Gasteiger partial charge in [0, 0.05) is 5.56 Å². The lowest BCUT2D eigenvalue weighted by atomic mass is 9.89. The number of hydrogen-bond acceptors (Lipinski definition) is 3. The van der Waals surface area contributed by atoms with Crippen molar-refractivity contribution < 1.29 is 4.98 Å². The highest BCUT2D eigenvalue weighted by molar-refractivity contribution is 7.98. The molecule has 2 aliphatic rings. The van der Waals surface area contributed by atoms with Gasteiger partial charge in [-0.3, -0.25) is 4.90 Å². The molecule has 0 bridgehead atoms. The molecule has 1 aliphatic heterocycles. The van der Waals surface area contributed by atoms with E-state index in [-0.39, 0.29) is 0 Å². The van der Waals surface area contributed by atoms with Crippen LogP contribution < -0.4 is 9.88 Å². The smallest absolute Gasteiger partial charge is 0.262 e. The topological polar surface area (TPSA) is 41.2 Å². The van der Waals surface area contributed by atoms with Gasteiger partial charge < -0.3 is 0 Å². The highest BCUT2D eigenvalue weighted by Crippen LogP contribution is 2.33. The molecular weight excluding hydrogens is 266 g/mol. The van der Waals surface area contributed by atoms with Crippen molar-refractivity contribution in [3.05, 3.63) is 16.7 Å². The highest BCUT2D eigenvalue weighted by Gasteiger charge is 2.30. The van der Waals surface area contributed by atoms with Crippen LogP contribution in [0.4, 0.5) is 5.82 Å². The second-order valence-electron chi connectivity index (χ2n) is 5.71. The second-order valence-corrected chi connectivity index (χ2v) is 6.52. The first kappa shape index (κ1) is 13.8. The van der Waals surface area contributed by atoms with Crippen molar-refractivity contribution in [2.75, 3.05) is 24.2 Å². The first-order chi connectivity index (χ1) is 9.85. The summed E-state index contributed by atoms with van der Waals surface area (Å²) >= 11 is 1.67. The standard InChI is InChI=1S/C16H21N3S/c1-20-16-14(11-17)12-7-3-4-8-13(12)15(18-16)19-9-5-2-6-10-19/h2-10H2,1H3/p+1. The van der Waals surface area contributed by atoms with E-state index >= 15 is 0 Å². The molecule has 0 unspecified atom stereocenters. The Bertz CT molecular complexity index is 542. The Morgan fingerprint density at radius 1 is 1.05 bits per heavy atom. The quantitative estimate of drug-likeness (QED) is 0.786. The minimum Gasteiger partial charge on any atom is -0.262 e. The summed E-state index contributed by atoms with van der Waals surface area (Å²) in [5, 5.41) is 10.6. The van der Waals surface area contributed by atoms with Gasteiger partial charge in [-0.1, -0.05) is 11.8 Å². The van der Waals surface area contributed by atoms with Crippen LogP contribution in [0.1, 0.15) is 48.8 Å². The van der Waals surface area contributed by atoms with E-state index in [2.05, 4.69) is 22.2 Å². The van der Waals surface area contributed by atoms with Crippen LogP contribution in [0.2, 0.25) is 0 Å². The Morgan fingerprint density at radius 3 is 2.40 bits per heavy atom. The number of nitrogens with zero attached hydrogens (tertiary/aromatic N) is 2. The van der Waals surface area contributed by atoms with E-state index < -0.39 is 0 Å². The summed E-state index contributed by atoms with van der Waals surface area (Å²) < 4.78 is 0. The fourth-order valence-electron chi connectivity index (χ4n) is 3.48. The molecule has 0 aromatic carbocycles. The Balaban J connectivity index is 2.11. The van der Waals surface area contributed by atoms with Crippen molar-refractivity contribution in [1.82, 2.24) is 0 Å². The van der Waals surface area contributed by atoms with Crippen LogP contribution in [-0.4, -0.2) is 19.3 Å². The molecule has 106 valence electrons. The van der Waals surface area contributed by atoms with Gasteiger partial charge in [0.1, 0.15) is 11.6 Å². The number of aromatic amines is 1. The van der Waals surface area contributed by atoms with Crippen molar-refractivity contribution in [2.45, 2.75) is 50.0 Å². The second kappa shape index (κ2) is 6.05. The number of rotatable bonds is 2. The molecule has 1 aromatic heterocycles. The van der Waals surface area contributed by atoms with Crippen LogP contribution in [0.3, 0.4) is 0 Å². The SMILES string of the molecule is CSc1[nH+]c(N2CCCCC2)c2c(c1C#N)CCCC2. The van der Waals surface area contributed by atoms with Crippen LogP contribution in [0, 0.1) is 11.3 Å². The maximum atomic E-state index is 9.51. The number of anilines is 1. The molecule has 2 heterocycles. The molecule has 0 radical (unpaired) electrons. The van der Waals surface area contributed by atoms with Crippen molar-refractivity contribution in [2.24, 2.45) is 0 Å². The molecule has 0 amide bonds. The first-order valence-corrected chi connectivity index (χ1v) is 8.87. The Hall–Kier alpha value is -1.21. The van der Waals surface area contributed by atoms with E-state index in [1.807, 2.05) is 0 Å². The fourth-order valence-corrected chi connectivity index (χ4v) is 4.06. The lowest BCUT2D eigenvalue weighted by Gasteiger charge is -2.26. The normalized spacial score (nSPS) is 18.5. The van der Waals surface area contributed by atoms with Crippen LogP contribution in [0.5, 0.6) is 0 Å². The van der Waals surface area contributed by atoms with Crippen LogP contribution >= 0.6 is 11.8 Å². The number of fused-ring (bicyclic) bond motifs is 1. The number of nitrogens with one attached hydrogen (secondary N) is 1. The van der Waals surface area contributed by atoms with Gasteiger partial charge in [0.25, 0.3) is 5.82 Å². The van der Waals surface area contributed by atoms with Gasteiger partial charge in [0.15, 0.2) is 5.03 Å². The summed E-state index contributed by atoms with van der Waals surface area (Å²) in [5.41, 5.74) is 3.64. The van der Waals surface area contributed by atoms with Gasteiger partial charge in [-0.2, -0.15) is 5.26 Å². The predicted octanol–water partition coefficient (Wildman–Crippen LogP) is 2.96. The molecule has 0 saturated carbocycles. The summed E-state index contributed by atoms with van der Waals surface area (Å²) in [6, 6.07) is 2.43. The third-order valence-corrected chi connectivity index (χ3v) is 5.22. The van der Waals surface area contributed by atoms with Crippen LogP contribution in [-0.2, 0) is 12.8 Å². The number of pyridine rings is 1. The van der Waals surface area contributed by atoms with Gasteiger partial charge in [0.05, 0.1) is 13.1 Å². The van der Waals surface area contributed by atoms with Crippen molar-refractivity contribution >= 4 is 17.6 Å². The van der Waals surface area contributed by atoms with E-state index in [0.717, 1.165) is 36.5 Å². The van der Waals surface area contributed by atoms with E-state index in [1.54, 1.807) is 11.8 Å². The van der Waals surface area contributed by atoms with E-state index in [1.165, 1.54) is 49.0 Å². The Labute approximate surface area is 125 Å². The summed E-state index contributed by atoms with van der Waals surface area (Å²) in [6.07, 6.45) is 10.7.